The number of likely N-dealkylation sites (tertiary alicyclic amines) is 1. The van der Waals surface area contributed by atoms with Gasteiger partial charge in [0.05, 0.1) is 5.41 Å². The number of carbonyl (C=O) groups is 1. The molecule has 1 heterocycles. The van der Waals surface area contributed by atoms with Gasteiger partial charge in [0, 0.05) is 13.1 Å². The van der Waals surface area contributed by atoms with Gasteiger partial charge >= 0.3 is 5.97 Å². The maximum absolute atomic E-state index is 10.9. The van der Waals surface area contributed by atoms with Crippen LogP contribution in [0.4, 0.5) is 0 Å². The fourth-order valence-electron chi connectivity index (χ4n) is 1.80. The molecule has 1 fully saturated rings. The van der Waals surface area contributed by atoms with E-state index in [1.54, 1.807) is 13.8 Å². The SMILES string of the molecule is CC1CCN(CC(C)(C)C(=O)O)C1. The Kier molecular flexibility index (Phi) is 2.96. The summed E-state index contributed by atoms with van der Waals surface area (Å²) >= 11 is 0. The predicted octanol–water partition coefficient (Wildman–Crippen LogP) is 1.44. The summed E-state index contributed by atoms with van der Waals surface area (Å²) in [7, 11) is 0. The Morgan fingerprint density at radius 2 is 2.23 bits per heavy atom. The third-order valence-electron chi connectivity index (χ3n) is 2.71. The van der Waals surface area contributed by atoms with Gasteiger partial charge in [0.25, 0.3) is 0 Å². The molecule has 1 aliphatic heterocycles. The minimum Gasteiger partial charge on any atom is -0.481 e. The molecule has 1 saturated heterocycles. The van der Waals surface area contributed by atoms with Crippen molar-refractivity contribution in [3.05, 3.63) is 0 Å². The van der Waals surface area contributed by atoms with Crippen molar-refractivity contribution in [1.29, 1.82) is 0 Å². The van der Waals surface area contributed by atoms with Crippen LogP contribution < -0.4 is 0 Å². The Balaban J connectivity index is 2.44. The lowest BCUT2D eigenvalue weighted by atomic mass is 9.93. The second-order valence-corrected chi connectivity index (χ2v) is 4.82. The van der Waals surface area contributed by atoms with Gasteiger partial charge in [-0.3, -0.25) is 4.79 Å². The monoisotopic (exact) mass is 185 g/mol. The van der Waals surface area contributed by atoms with Gasteiger partial charge in [0.15, 0.2) is 0 Å². The van der Waals surface area contributed by atoms with E-state index in [4.69, 9.17) is 5.11 Å². The summed E-state index contributed by atoms with van der Waals surface area (Å²) in [5.74, 6) is 0.0247. The summed E-state index contributed by atoms with van der Waals surface area (Å²) in [6, 6.07) is 0. The molecule has 0 aromatic heterocycles. The Morgan fingerprint density at radius 1 is 1.62 bits per heavy atom. The summed E-state index contributed by atoms with van der Waals surface area (Å²) in [4.78, 5) is 13.1. The molecule has 76 valence electrons. The van der Waals surface area contributed by atoms with E-state index in [0.29, 0.717) is 6.54 Å². The number of carboxylic acids is 1. The first-order valence-corrected chi connectivity index (χ1v) is 4.87. The molecular formula is C10H19NO2. The fourth-order valence-corrected chi connectivity index (χ4v) is 1.80. The second kappa shape index (κ2) is 3.66. The molecule has 0 aromatic carbocycles. The van der Waals surface area contributed by atoms with Crippen LogP contribution in [-0.4, -0.2) is 35.6 Å². The topological polar surface area (TPSA) is 40.5 Å². The zero-order valence-corrected chi connectivity index (χ0v) is 8.71. The average molecular weight is 185 g/mol. The quantitative estimate of drug-likeness (QED) is 0.723. The lowest BCUT2D eigenvalue weighted by Crippen LogP contribution is -2.38. The molecule has 1 aliphatic rings. The number of hydrogen-bond acceptors (Lipinski definition) is 2. The number of aliphatic carboxylic acids is 1. The Morgan fingerprint density at radius 3 is 2.62 bits per heavy atom. The molecule has 0 aromatic rings. The Labute approximate surface area is 79.7 Å². The highest BCUT2D eigenvalue weighted by Crippen LogP contribution is 2.22. The van der Waals surface area contributed by atoms with E-state index < -0.39 is 11.4 Å². The molecule has 3 heteroatoms. The predicted molar refractivity (Wildman–Crippen MR) is 51.6 cm³/mol. The fraction of sp³-hybridized carbons (Fsp3) is 0.900. The van der Waals surface area contributed by atoms with Crippen molar-refractivity contribution in [3.8, 4) is 0 Å². The third-order valence-corrected chi connectivity index (χ3v) is 2.71. The zero-order chi connectivity index (χ0) is 10.1. The van der Waals surface area contributed by atoms with Crippen LogP contribution in [0.2, 0.25) is 0 Å². The standard InChI is InChI=1S/C10H19NO2/c1-8-4-5-11(6-8)7-10(2,3)9(12)13/h8H,4-7H2,1-3H3,(H,12,13). The van der Waals surface area contributed by atoms with E-state index in [1.807, 2.05) is 0 Å². The van der Waals surface area contributed by atoms with E-state index in [-0.39, 0.29) is 0 Å². The van der Waals surface area contributed by atoms with Gasteiger partial charge in [-0.1, -0.05) is 6.92 Å². The molecule has 0 aliphatic carbocycles. The maximum atomic E-state index is 10.9. The molecule has 1 rings (SSSR count). The second-order valence-electron chi connectivity index (χ2n) is 4.82. The summed E-state index contributed by atoms with van der Waals surface area (Å²) in [5.41, 5.74) is -0.607. The molecule has 0 spiro atoms. The highest BCUT2D eigenvalue weighted by atomic mass is 16.4. The van der Waals surface area contributed by atoms with Crippen molar-refractivity contribution in [2.75, 3.05) is 19.6 Å². The van der Waals surface area contributed by atoms with E-state index >= 15 is 0 Å². The van der Waals surface area contributed by atoms with Crippen LogP contribution >= 0.6 is 0 Å². The van der Waals surface area contributed by atoms with Gasteiger partial charge < -0.3 is 10.0 Å². The highest BCUT2D eigenvalue weighted by Gasteiger charge is 2.31. The van der Waals surface area contributed by atoms with Crippen LogP contribution in [-0.2, 0) is 4.79 Å². The first-order valence-electron chi connectivity index (χ1n) is 4.87. The Bertz CT molecular complexity index is 201. The molecule has 0 amide bonds. The highest BCUT2D eigenvalue weighted by molar-refractivity contribution is 5.73. The van der Waals surface area contributed by atoms with E-state index in [0.717, 1.165) is 19.0 Å². The normalized spacial score (nSPS) is 25.0. The average Bonchev–Trinajstić information content (AvgIpc) is 2.34. The molecule has 1 unspecified atom stereocenters. The first kappa shape index (κ1) is 10.5. The molecule has 0 radical (unpaired) electrons. The van der Waals surface area contributed by atoms with E-state index in [2.05, 4.69) is 11.8 Å². The summed E-state index contributed by atoms with van der Waals surface area (Å²) < 4.78 is 0. The lowest BCUT2D eigenvalue weighted by Gasteiger charge is -2.26. The summed E-state index contributed by atoms with van der Waals surface area (Å²) in [6.07, 6.45) is 1.20. The number of hydrogen-bond donors (Lipinski definition) is 1. The lowest BCUT2D eigenvalue weighted by molar-refractivity contribution is -0.147. The largest absolute Gasteiger partial charge is 0.481 e. The minimum absolute atomic E-state index is 0.607. The van der Waals surface area contributed by atoms with Gasteiger partial charge in [-0.2, -0.15) is 0 Å². The van der Waals surface area contributed by atoms with Crippen LogP contribution in [0.3, 0.4) is 0 Å². The molecule has 0 bridgehead atoms. The van der Waals surface area contributed by atoms with Crippen LogP contribution in [0, 0.1) is 11.3 Å². The Hall–Kier alpha value is -0.570. The van der Waals surface area contributed by atoms with Gasteiger partial charge in [0.2, 0.25) is 0 Å². The summed E-state index contributed by atoms with van der Waals surface area (Å²) in [5, 5.41) is 8.94. The van der Waals surface area contributed by atoms with Crippen molar-refractivity contribution >= 4 is 5.97 Å². The van der Waals surface area contributed by atoms with Crippen molar-refractivity contribution in [2.45, 2.75) is 27.2 Å². The number of rotatable bonds is 3. The maximum Gasteiger partial charge on any atom is 0.310 e. The van der Waals surface area contributed by atoms with Crippen LogP contribution in [0.1, 0.15) is 27.2 Å². The number of carboxylic acid groups (broad SMARTS) is 1. The van der Waals surface area contributed by atoms with Crippen LogP contribution in [0.25, 0.3) is 0 Å². The molecule has 1 atom stereocenters. The van der Waals surface area contributed by atoms with Gasteiger partial charge in [-0.15, -0.1) is 0 Å². The molecule has 0 saturated carbocycles. The van der Waals surface area contributed by atoms with Gasteiger partial charge in [-0.05, 0) is 32.7 Å². The number of nitrogens with zero attached hydrogens (tertiary/aromatic N) is 1. The minimum atomic E-state index is -0.702. The molecule has 13 heavy (non-hydrogen) atoms. The van der Waals surface area contributed by atoms with Crippen molar-refractivity contribution in [2.24, 2.45) is 11.3 Å². The van der Waals surface area contributed by atoms with E-state index in [9.17, 15) is 4.79 Å². The molecule has 3 nitrogen and oxygen atoms in total. The summed E-state index contributed by atoms with van der Waals surface area (Å²) in [6.45, 7) is 8.58. The first-order chi connectivity index (χ1) is 5.92. The molecular weight excluding hydrogens is 166 g/mol. The van der Waals surface area contributed by atoms with Gasteiger partial charge in [0.1, 0.15) is 0 Å². The zero-order valence-electron chi connectivity index (χ0n) is 8.71. The van der Waals surface area contributed by atoms with Crippen molar-refractivity contribution in [3.63, 3.8) is 0 Å². The third kappa shape index (κ3) is 2.69. The van der Waals surface area contributed by atoms with Crippen LogP contribution in [0.15, 0.2) is 0 Å². The molecule has 1 N–H and O–H groups in total. The van der Waals surface area contributed by atoms with Crippen LogP contribution in [0.5, 0.6) is 0 Å². The van der Waals surface area contributed by atoms with Gasteiger partial charge in [-0.25, -0.2) is 0 Å². The smallest absolute Gasteiger partial charge is 0.310 e. The van der Waals surface area contributed by atoms with Crippen molar-refractivity contribution < 1.29 is 9.90 Å². The van der Waals surface area contributed by atoms with Crippen molar-refractivity contribution in [1.82, 2.24) is 4.90 Å². The van der Waals surface area contributed by atoms with E-state index in [1.165, 1.54) is 6.42 Å².